The smallest absolute Gasteiger partial charge is 0.224 e. The first-order valence-electron chi connectivity index (χ1n) is 7.82. The van der Waals surface area contributed by atoms with E-state index in [1.54, 1.807) is 0 Å². The Labute approximate surface area is 127 Å². The number of hydrogen-bond donors (Lipinski definition) is 2. The topological polar surface area (TPSA) is 52.6 Å². The van der Waals surface area contributed by atoms with E-state index in [1.807, 2.05) is 19.2 Å². The maximum Gasteiger partial charge on any atom is 0.224 e. The second-order valence-electron chi connectivity index (χ2n) is 5.94. The lowest BCUT2D eigenvalue weighted by molar-refractivity contribution is -0.127. The molecule has 1 heterocycles. The van der Waals surface area contributed by atoms with Crippen LogP contribution in [0.15, 0.2) is 24.3 Å². The zero-order valence-electron chi connectivity index (χ0n) is 13.0. The van der Waals surface area contributed by atoms with Crippen LogP contribution in [0.1, 0.15) is 36.9 Å². The highest BCUT2D eigenvalue weighted by Gasteiger charge is 2.25. The molecule has 0 aromatic heterocycles. The summed E-state index contributed by atoms with van der Waals surface area (Å²) in [6, 6.07) is 7.78. The molecule has 116 valence electrons. The predicted molar refractivity (Wildman–Crippen MR) is 84.0 cm³/mol. The van der Waals surface area contributed by atoms with E-state index in [2.05, 4.69) is 29.3 Å². The number of aliphatic hydroxyl groups is 1. The molecule has 0 aliphatic carbocycles. The van der Waals surface area contributed by atoms with E-state index in [0.717, 1.165) is 37.9 Å². The Kier molecular flexibility index (Phi) is 5.76. The highest BCUT2D eigenvalue weighted by atomic mass is 16.3. The van der Waals surface area contributed by atoms with Gasteiger partial charge < -0.3 is 15.3 Å². The molecule has 1 amide bonds. The molecule has 4 nitrogen and oxygen atoms in total. The lowest BCUT2D eigenvalue weighted by Crippen LogP contribution is -2.43. The van der Waals surface area contributed by atoms with Crippen molar-refractivity contribution in [2.45, 2.75) is 32.2 Å². The Morgan fingerprint density at radius 2 is 2.14 bits per heavy atom. The number of carbonyl (C=O) groups is 1. The second kappa shape index (κ2) is 7.57. The van der Waals surface area contributed by atoms with Crippen molar-refractivity contribution in [3.05, 3.63) is 35.4 Å². The van der Waals surface area contributed by atoms with E-state index in [-0.39, 0.29) is 24.5 Å². The molecular formula is C17H26N2O2. The summed E-state index contributed by atoms with van der Waals surface area (Å²) in [5.74, 6) is 0.0906. The first-order valence-corrected chi connectivity index (χ1v) is 7.82. The van der Waals surface area contributed by atoms with Crippen molar-refractivity contribution in [1.82, 2.24) is 10.2 Å². The van der Waals surface area contributed by atoms with Gasteiger partial charge >= 0.3 is 0 Å². The van der Waals surface area contributed by atoms with E-state index in [1.165, 1.54) is 5.56 Å². The summed E-state index contributed by atoms with van der Waals surface area (Å²) in [5, 5.41) is 12.6. The Morgan fingerprint density at radius 3 is 2.71 bits per heavy atom. The number of likely N-dealkylation sites (tertiary alicyclic amines) is 1. The average molecular weight is 290 g/mol. The summed E-state index contributed by atoms with van der Waals surface area (Å²) in [5.41, 5.74) is 2.22. The quantitative estimate of drug-likeness (QED) is 0.868. The van der Waals surface area contributed by atoms with Gasteiger partial charge in [-0.05, 0) is 44.0 Å². The third-order valence-electron chi connectivity index (χ3n) is 4.28. The Morgan fingerprint density at radius 1 is 1.43 bits per heavy atom. The molecule has 4 heteroatoms. The largest absolute Gasteiger partial charge is 0.394 e. The second-order valence-corrected chi connectivity index (χ2v) is 5.94. The fourth-order valence-electron chi connectivity index (χ4n) is 2.89. The molecule has 1 aliphatic heterocycles. The molecular weight excluding hydrogens is 264 g/mol. The molecule has 1 aromatic rings. The number of amides is 1. The third kappa shape index (κ3) is 4.29. The number of aryl methyl sites for hydroxylation is 1. The maximum absolute atomic E-state index is 12.4. The minimum absolute atomic E-state index is 0.0349. The average Bonchev–Trinajstić information content (AvgIpc) is 2.52. The zero-order valence-corrected chi connectivity index (χ0v) is 13.0. The van der Waals surface area contributed by atoms with Crippen molar-refractivity contribution in [2.24, 2.45) is 5.92 Å². The molecule has 2 N–H and O–H groups in total. The summed E-state index contributed by atoms with van der Waals surface area (Å²) in [4.78, 5) is 14.6. The van der Waals surface area contributed by atoms with E-state index < -0.39 is 0 Å². The highest BCUT2D eigenvalue weighted by molar-refractivity contribution is 5.79. The van der Waals surface area contributed by atoms with Crippen molar-refractivity contribution in [3.8, 4) is 0 Å². The van der Waals surface area contributed by atoms with Gasteiger partial charge in [0.15, 0.2) is 0 Å². The van der Waals surface area contributed by atoms with Crippen LogP contribution in [0, 0.1) is 5.92 Å². The zero-order chi connectivity index (χ0) is 15.2. The van der Waals surface area contributed by atoms with Crippen LogP contribution >= 0.6 is 0 Å². The van der Waals surface area contributed by atoms with E-state index in [4.69, 9.17) is 0 Å². The number of nitrogens with zero attached hydrogens (tertiary/aromatic N) is 1. The standard InChI is InChI=1S/C17H26N2O2/c1-3-13-6-8-14(9-7-13)16(12-20)18-17(21)15-5-4-10-19(2)11-15/h6-9,15-16,20H,3-5,10-12H2,1-2H3,(H,18,21). The molecule has 0 bridgehead atoms. The lowest BCUT2D eigenvalue weighted by Gasteiger charge is -2.30. The molecule has 0 saturated carbocycles. The van der Waals surface area contributed by atoms with Gasteiger partial charge in [-0.25, -0.2) is 0 Å². The van der Waals surface area contributed by atoms with Gasteiger partial charge in [-0.3, -0.25) is 4.79 Å². The molecule has 1 aromatic carbocycles. The first-order chi connectivity index (χ1) is 10.1. The Balaban J connectivity index is 1.98. The number of benzene rings is 1. The van der Waals surface area contributed by atoms with Crippen molar-refractivity contribution < 1.29 is 9.90 Å². The van der Waals surface area contributed by atoms with Crippen LogP contribution in [0.2, 0.25) is 0 Å². The minimum Gasteiger partial charge on any atom is -0.394 e. The van der Waals surface area contributed by atoms with Gasteiger partial charge in [-0.15, -0.1) is 0 Å². The SMILES string of the molecule is CCc1ccc(C(CO)NC(=O)C2CCCN(C)C2)cc1. The Bertz CT molecular complexity index is 458. The van der Waals surface area contributed by atoms with Crippen molar-refractivity contribution in [1.29, 1.82) is 0 Å². The summed E-state index contributed by atoms with van der Waals surface area (Å²) < 4.78 is 0. The van der Waals surface area contributed by atoms with Crippen LogP contribution < -0.4 is 5.32 Å². The number of piperidine rings is 1. The highest BCUT2D eigenvalue weighted by Crippen LogP contribution is 2.18. The van der Waals surface area contributed by atoms with Crippen molar-refractivity contribution in [3.63, 3.8) is 0 Å². The maximum atomic E-state index is 12.4. The summed E-state index contributed by atoms with van der Waals surface area (Å²) in [6.45, 7) is 3.91. The van der Waals surface area contributed by atoms with Gasteiger partial charge in [0.25, 0.3) is 0 Å². The summed E-state index contributed by atoms with van der Waals surface area (Å²) >= 11 is 0. The van der Waals surface area contributed by atoms with Gasteiger partial charge in [-0.1, -0.05) is 31.2 Å². The van der Waals surface area contributed by atoms with E-state index >= 15 is 0 Å². The minimum atomic E-state index is -0.310. The van der Waals surface area contributed by atoms with Gasteiger partial charge in [0.2, 0.25) is 5.91 Å². The normalized spacial score (nSPS) is 21.0. The van der Waals surface area contributed by atoms with Crippen LogP contribution in [0.4, 0.5) is 0 Å². The third-order valence-corrected chi connectivity index (χ3v) is 4.28. The molecule has 0 radical (unpaired) electrons. The summed E-state index contributed by atoms with van der Waals surface area (Å²) in [6.07, 6.45) is 2.98. The molecule has 2 unspecified atom stereocenters. The molecule has 2 atom stereocenters. The van der Waals surface area contributed by atoms with Crippen LogP contribution in [-0.2, 0) is 11.2 Å². The van der Waals surface area contributed by atoms with Gasteiger partial charge in [0.1, 0.15) is 0 Å². The van der Waals surface area contributed by atoms with Crippen LogP contribution in [0.25, 0.3) is 0 Å². The van der Waals surface area contributed by atoms with Crippen molar-refractivity contribution >= 4 is 5.91 Å². The van der Waals surface area contributed by atoms with Crippen LogP contribution in [0.3, 0.4) is 0 Å². The number of hydrogen-bond acceptors (Lipinski definition) is 3. The van der Waals surface area contributed by atoms with E-state index in [0.29, 0.717) is 0 Å². The number of aliphatic hydroxyl groups excluding tert-OH is 1. The number of nitrogens with one attached hydrogen (secondary N) is 1. The lowest BCUT2D eigenvalue weighted by atomic mass is 9.96. The molecule has 1 aliphatic rings. The van der Waals surface area contributed by atoms with Gasteiger partial charge in [0.05, 0.1) is 18.6 Å². The molecule has 21 heavy (non-hydrogen) atoms. The van der Waals surface area contributed by atoms with Crippen LogP contribution in [-0.4, -0.2) is 42.7 Å². The van der Waals surface area contributed by atoms with Crippen molar-refractivity contribution in [2.75, 3.05) is 26.7 Å². The first kappa shape index (κ1) is 16.0. The molecule has 1 saturated heterocycles. The van der Waals surface area contributed by atoms with E-state index in [9.17, 15) is 9.90 Å². The molecule has 2 rings (SSSR count). The fraction of sp³-hybridized carbons (Fsp3) is 0.588. The molecule has 0 spiro atoms. The van der Waals surface area contributed by atoms with Gasteiger partial charge in [-0.2, -0.15) is 0 Å². The fourth-order valence-corrected chi connectivity index (χ4v) is 2.89. The number of rotatable bonds is 5. The molecule has 1 fully saturated rings. The summed E-state index contributed by atoms with van der Waals surface area (Å²) in [7, 11) is 2.05. The van der Waals surface area contributed by atoms with Gasteiger partial charge in [0, 0.05) is 6.54 Å². The predicted octanol–water partition coefficient (Wildman–Crippen LogP) is 1.74. The number of carbonyl (C=O) groups excluding carboxylic acids is 1. The Hall–Kier alpha value is -1.39. The van der Waals surface area contributed by atoms with Crippen LogP contribution in [0.5, 0.6) is 0 Å². The monoisotopic (exact) mass is 290 g/mol.